The van der Waals surface area contributed by atoms with Crippen molar-refractivity contribution in [2.75, 3.05) is 19.3 Å². The van der Waals surface area contributed by atoms with Gasteiger partial charge in [0.2, 0.25) is 5.91 Å². The molecule has 0 fully saturated rings. The summed E-state index contributed by atoms with van der Waals surface area (Å²) in [4.78, 5) is 17.9. The molecule has 3 aromatic rings. The molecule has 40 heavy (non-hydrogen) atoms. The maximum Gasteiger partial charge on any atom is 0.405 e. The predicted octanol–water partition coefficient (Wildman–Crippen LogP) is 7.82. The maximum atomic E-state index is 13.6. The Balaban J connectivity index is 1.40. The second kappa shape index (κ2) is 13.0. The first-order valence-electron chi connectivity index (χ1n) is 13.0. The summed E-state index contributed by atoms with van der Waals surface area (Å²) < 4.78 is 39.2. The number of nitrogens with one attached hydrogen (secondary N) is 2. The number of rotatable bonds is 10. The third-order valence-corrected chi connectivity index (χ3v) is 8.29. The van der Waals surface area contributed by atoms with Crippen molar-refractivity contribution in [3.63, 3.8) is 0 Å². The molecule has 0 radical (unpaired) electrons. The molecule has 0 unspecified atom stereocenters. The number of nitrogens with zero attached hydrogens (tertiary/aromatic N) is 1. The lowest BCUT2D eigenvalue weighted by Crippen LogP contribution is -2.47. The largest absolute Gasteiger partial charge is 0.405 e. The van der Waals surface area contributed by atoms with E-state index in [1.54, 1.807) is 30.9 Å². The van der Waals surface area contributed by atoms with Crippen LogP contribution in [0, 0.1) is 0 Å². The lowest BCUT2D eigenvalue weighted by Gasteiger charge is -2.31. The van der Waals surface area contributed by atoms with Gasteiger partial charge in [0.25, 0.3) is 0 Å². The Morgan fingerprint density at radius 1 is 0.950 bits per heavy atom. The van der Waals surface area contributed by atoms with Crippen LogP contribution in [0.1, 0.15) is 42.4 Å². The molecule has 210 valence electrons. The van der Waals surface area contributed by atoms with Crippen LogP contribution in [0.3, 0.4) is 0 Å². The highest BCUT2D eigenvalue weighted by atomic mass is 35.5. The number of benzene rings is 3. The summed E-state index contributed by atoms with van der Waals surface area (Å²) in [6.07, 6.45) is -1.75. The summed E-state index contributed by atoms with van der Waals surface area (Å²) in [5, 5.41) is 6.82. The Bertz CT molecular complexity index is 1340. The molecule has 0 heterocycles. The number of carbonyl (C=O) groups excluding carboxylic acids is 1. The Labute approximate surface area is 242 Å². The van der Waals surface area contributed by atoms with E-state index >= 15 is 0 Å². The van der Waals surface area contributed by atoms with E-state index in [0.29, 0.717) is 17.9 Å². The van der Waals surface area contributed by atoms with Crippen LogP contribution < -0.4 is 10.6 Å². The monoisotopic (exact) mass is 585 g/mol. The zero-order valence-electron chi connectivity index (χ0n) is 22.2. The average molecular weight is 586 g/mol. The van der Waals surface area contributed by atoms with Gasteiger partial charge in [-0.1, -0.05) is 103 Å². The summed E-state index contributed by atoms with van der Waals surface area (Å²) >= 11 is 7.54. The predicted molar refractivity (Wildman–Crippen MR) is 160 cm³/mol. The van der Waals surface area contributed by atoms with Gasteiger partial charge in [0.1, 0.15) is 12.0 Å². The summed E-state index contributed by atoms with van der Waals surface area (Å²) in [5.41, 5.74) is 3.77. The molecule has 1 amide bonds. The van der Waals surface area contributed by atoms with Crippen molar-refractivity contribution < 1.29 is 18.0 Å². The molecule has 0 saturated carbocycles. The number of halogens is 4. The van der Waals surface area contributed by atoms with Crippen LogP contribution in [0.15, 0.2) is 84.4 Å². The molecule has 4 nitrogen and oxygen atoms in total. The standard InChI is InChI=1S/C31H31ClF3N3OS/c1-21(22-14-16-23(32)17-15-22)38-29(36-2)40-19-9-3-8-18-30(28(39)37-20-31(33,34)35)26-12-6-4-10-24(26)25-11-5-7-13-27(25)30/h4-7,10-17H,1,3,8-9,18-20H2,2H3,(H,36,38)(H,37,39). The van der Waals surface area contributed by atoms with Crippen LogP contribution in [0.2, 0.25) is 5.02 Å². The molecule has 0 aromatic heterocycles. The summed E-state index contributed by atoms with van der Waals surface area (Å²) in [6, 6.07) is 22.4. The number of amides is 1. The van der Waals surface area contributed by atoms with E-state index < -0.39 is 24.0 Å². The molecule has 4 rings (SSSR count). The number of aliphatic imine (C=N–C) groups is 1. The molecule has 0 saturated heterocycles. The van der Waals surface area contributed by atoms with E-state index in [1.807, 2.05) is 60.7 Å². The summed E-state index contributed by atoms with van der Waals surface area (Å²) in [7, 11) is 1.71. The second-order valence-corrected chi connectivity index (χ2v) is 11.1. The van der Waals surface area contributed by atoms with E-state index in [2.05, 4.69) is 22.2 Å². The van der Waals surface area contributed by atoms with Gasteiger partial charge in [-0.3, -0.25) is 9.79 Å². The highest BCUT2D eigenvalue weighted by Crippen LogP contribution is 2.51. The van der Waals surface area contributed by atoms with E-state index in [-0.39, 0.29) is 0 Å². The van der Waals surface area contributed by atoms with Crippen molar-refractivity contribution in [3.8, 4) is 11.1 Å². The number of alkyl halides is 3. The minimum absolute atomic E-state index is 0.412. The Morgan fingerprint density at radius 2 is 1.55 bits per heavy atom. The van der Waals surface area contributed by atoms with E-state index in [1.165, 1.54) is 0 Å². The first-order valence-corrected chi connectivity index (χ1v) is 14.4. The SMILES string of the molecule is C=C(NC(=NC)SCCCCCC1(C(=O)NCC(F)(F)F)c2ccccc2-c2ccccc21)c1ccc(Cl)cc1. The van der Waals surface area contributed by atoms with Crippen LogP contribution >= 0.6 is 23.4 Å². The summed E-state index contributed by atoms with van der Waals surface area (Å²) in [6.45, 7) is 2.72. The highest BCUT2D eigenvalue weighted by Gasteiger charge is 2.49. The number of thioether (sulfide) groups is 1. The van der Waals surface area contributed by atoms with Crippen LogP contribution in [0.5, 0.6) is 0 Å². The van der Waals surface area contributed by atoms with Gasteiger partial charge >= 0.3 is 6.18 Å². The number of unbranched alkanes of at least 4 members (excludes halogenated alkanes) is 2. The normalized spacial score (nSPS) is 13.9. The van der Waals surface area contributed by atoms with Gasteiger partial charge in [-0.2, -0.15) is 13.2 Å². The Kier molecular flexibility index (Phi) is 9.64. The van der Waals surface area contributed by atoms with Crippen molar-refractivity contribution in [1.29, 1.82) is 0 Å². The van der Waals surface area contributed by atoms with Gasteiger partial charge in [0, 0.05) is 23.5 Å². The first kappa shape index (κ1) is 29.7. The zero-order valence-corrected chi connectivity index (χ0v) is 23.7. The van der Waals surface area contributed by atoms with Gasteiger partial charge in [0.15, 0.2) is 5.17 Å². The molecule has 0 bridgehead atoms. The Hall–Kier alpha value is -3.23. The molecule has 1 aliphatic rings. The van der Waals surface area contributed by atoms with E-state index in [4.69, 9.17) is 11.6 Å². The highest BCUT2D eigenvalue weighted by molar-refractivity contribution is 8.13. The number of carbonyl (C=O) groups is 1. The van der Waals surface area contributed by atoms with Gasteiger partial charge < -0.3 is 10.6 Å². The van der Waals surface area contributed by atoms with Crippen molar-refractivity contribution in [3.05, 3.63) is 101 Å². The Morgan fingerprint density at radius 3 is 2.12 bits per heavy atom. The van der Waals surface area contributed by atoms with Crippen molar-refractivity contribution in [2.24, 2.45) is 4.99 Å². The van der Waals surface area contributed by atoms with E-state index in [0.717, 1.165) is 57.3 Å². The maximum absolute atomic E-state index is 13.6. The number of hydrogen-bond acceptors (Lipinski definition) is 3. The van der Waals surface area contributed by atoms with Crippen LogP contribution in [-0.2, 0) is 10.2 Å². The number of fused-ring (bicyclic) bond motifs is 3. The molecule has 2 N–H and O–H groups in total. The minimum Gasteiger partial charge on any atom is -0.346 e. The van der Waals surface area contributed by atoms with Crippen molar-refractivity contribution in [1.82, 2.24) is 10.6 Å². The van der Waals surface area contributed by atoms with Gasteiger partial charge in [-0.25, -0.2) is 0 Å². The van der Waals surface area contributed by atoms with Crippen LogP contribution in [0.4, 0.5) is 13.2 Å². The first-order chi connectivity index (χ1) is 19.2. The number of hydrogen-bond donors (Lipinski definition) is 2. The molecule has 9 heteroatoms. The molecule has 0 aliphatic heterocycles. The third kappa shape index (κ3) is 6.73. The molecule has 3 aromatic carbocycles. The smallest absolute Gasteiger partial charge is 0.346 e. The van der Waals surface area contributed by atoms with Crippen molar-refractivity contribution >= 4 is 40.1 Å². The average Bonchev–Trinajstić information content (AvgIpc) is 3.23. The van der Waals surface area contributed by atoms with Crippen LogP contribution in [0.25, 0.3) is 16.8 Å². The molecule has 1 aliphatic carbocycles. The fourth-order valence-corrected chi connectivity index (χ4v) is 6.12. The van der Waals surface area contributed by atoms with Gasteiger partial charge in [-0.05, 0) is 52.8 Å². The fourth-order valence-electron chi connectivity index (χ4n) is 5.13. The minimum atomic E-state index is -4.49. The number of amidine groups is 1. The topological polar surface area (TPSA) is 53.5 Å². The summed E-state index contributed by atoms with van der Waals surface area (Å²) in [5.74, 6) is 0.176. The van der Waals surface area contributed by atoms with Gasteiger partial charge in [0.05, 0.1) is 0 Å². The van der Waals surface area contributed by atoms with Gasteiger partial charge in [-0.15, -0.1) is 0 Å². The molecular formula is C31H31ClF3N3OS. The fraction of sp³-hybridized carbons (Fsp3) is 0.290. The van der Waals surface area contributed by atoms with Crippen molar-refractivity contribution in [2.45, 2.75) is 37.3 Å². The molecule has 0 spiro atoms. The second-order valence-electron chi connectivity index (χ2n) is 9.59. The van der Waals surface area contributed by atoms with E-state index in [9.17, 15) is 18.0 Å². The lowest BCUT2D eigenvalue weighted by molar-refractivity contribution is -0.141. The lowest BCUT2D eigenvalue weighted by atomic mass is 9.73. The quantitative estimate of drug-likeness (QED) is 0.145. The molecular weight excluding hydrogens is 555 g/mol. The molecule has 0 atom stereocenters. The third-order valence-electron chi connectivity index (χ3n) is 6.99. The zero-order chi connectivity index (χ0) is 28.8. The van der Waals surface area contributed by atoms with Crippen LogP contribution in [-0.4, -0.2) is 36.6 Å².